The molecule has 0 amide bonds. The van der Waals surface area contributed by atoms with E-state index in [2.05, 4.69) is 82.9 Å². The van der Waals surface area contributed by atoms with E-state index in [1.807, 2.05) is 0 Å². The molecule has 0 saturated carbocycles. The number of rotatable bonds is 9. The van der Waals surface area contributed by atoms with Gasteiger partial charge in [0.25, 0.3) is 0 Å². The summed E-state index contributed by atoms with van der Waals surface area (Å²) < 4.78 is 6.02. The van der Waals surface area contributed by atoms with Crippen molar-refractivity contribution in [2.24, 2.45) is 5.73 Å². The molecule has 3 nitrogen and oxygen atoms in total. The summed E-state index contributed by atoms with van der Waals surface area (Å²) in [7, 11) is 0. The topological polar surface area (TPSA) is 55.5 Å². The Bertz CT molecular complexity index is 955. The highest BCUT2D eigenvalue weighted by Crippen LogP contribution is 2.41. The van der Waals surface area contributed by atoms with Crippen LogP contribution in [0.2, 0.25) is 0 Å². The molecule has 0 saturated heterocycles. The lowest BCUT2D eigenvalue weighted by molar-refractivity contribution is 0.143. The number of unbranched alkanes of at least 4 members (excludes halogenated alkanes) is 1. The molecule has 174 valence electrons. The minimum atomic E-state index is -0.998. The molecule has 2 rings (SSSR count). The van der Waals surface area contributed by atoms with Crippen LogP contribution in [0.3, 0.4) is 0 Å². The van der Waals surface area contributed by atoms with Crippen molar-refractivity contribution in [3.63, 3.8) is 0 Å². The van der Waals surface area contributed by atoms with Crippen LogP contribution in [-0.2, 0) is 5.41 Å². The van der Waals surface area contributed by atoms with Crippen LogP contribution in [0.25, 0.3) is 0 Å². The zero-order valence-corrected chi connectivity index (χ0v) is 21.0. The number of hydrogen-bond donors (Lipinski definition) is 2. The van der Waals surface area contributed by atoms with Crippen LogP contribution in [0.15, 0.2) is 36.4 Å². The zero-order chi connectivity index (χ0) is 23.9. The Morgan fingerprint density at radius 1 is 0.969 bits per heavy atom. The van der Waals surface area contributed by atoms with Crippen LogP contribution in [0.4, 0.5) is 0 Å². The van der Waals surface area contributed by atoms with Crippen LogP contribution in [0.1, 0.15) is 94.5 Å². The number of nitrogens with two attached hydrogens (primary N) is 1. The fraction of sp³-hybridized carbons (Fsp3) is 0.517. The molecule has 0 aliphatic carbocycles. The first kappa shape index (κ1) is 26.0. The normalized spacial score (nSPS) is 12.8. The van der Waals surface area contributed by atoms with Crippen molar-refractivity contribution in [2.45, 2.75) is 97.8 Å². The number of benzene rings is 2. The van der Waals surface area contributed by atoms with Crippen molar-refractivity contribution in [3.8, 4) is 17.6 Å². The van der Waals surface area contributed by atoms with Gasteiger partial charge in [-0.3, -0.25) is 5.73 Å². The molecule has 0 aromatic heterocycles. The standard InChI is InChI=1S/C29H41NO2/c1-8-11-12-27(30)32-26-16-15-25(20-22(26)5)29(9-2,10-3)24-14-13-23(21(4)19-24)17-18-28(6,7)31/h13-16,19-20,27,31H,8-12,30H2,1-7H3. The third kappa shape index (κ3) is 6.37. The highest BCUT2D eigenvalue weighted by Gasteiger charge is 2.31. The van der Waals surface area contributed by atoms with E-state index in [1.54, 1.807) is 13.8 Å². The van der Waals surface area contributed by atoms with Gasteiger partial charge in [-0.15, -0.1) is 0 Å². The molecule has 0 radical (unpaired) electrons. The fourth-order valence-corrected chi connectivity index (χ4v) is 4.26. The van der Waals surface area contributed by atoms with Gasteiger partial charge in [-0.2, -0.15) is 0 Å². The maximum Gasteiger partial charge on any atom is 0.147 e. The van der Waals surface area contributed by atoms with Crippen LogP contribution in [0, 0.1) is 25.7 Å². The van der Waals surface area contributed by atoms with Crippen molar-refractivity contribution in [2.75, 3.05) is 0 Å². The van der Waals surface area contributed by atoms with Gasteiger partial charge >= 0.3 is 0 Å². The molecule has 0 spiro atoms. The summed E-state index contributed by atoms with van der Waals surface area (Å²) in [5, 5.41) is 9.93. The second-order valence-corrected chi connectivity index (χ2v) is 9.41. The molecular weight excluding hydrogens is 394 g/mol. The van der Waals surface area contributed by atoms with E-state index in [-0.39, 0.29) is 11.6 Å². The maximum absolute atomic E-state index is 9.93. The lowest BCUT2D eigenvalue weighted by atomic mass is 9.70. The van der Waals surface area contributed by atoms with Gasteiger partial charge in [0.15, 0.2) is 0 Å². The molecule has 2 aromatic rings. The van der Waals surface area contributed by atoms with Gasteiger partial charge < -0.3 is 9.84 Å². The second-order valence-electron chi connectivity index (χ2n) is 9.41. The van der Waals surface area contributed by atoms with Crippen molar-refractivity contribution in [1.82, 2.24) is 0 Å². The third-order valence-corrected chi connectivity index (χ3v) is 6.34. The Morgan fingerprint density at radius 2 is 1.56 bits per heavy atom. The zero-order valence-electron chi connectivity index (χ0n) is 21.0. The fourth-order valence-electron chi connectivity index (χ4n) is 4.26. The van der Waals surface area contributed by atoms with Gasteiger partial charge in [0, 0.05) is 11.0 Å². The lowest BCUT2D eigenvalue weighted by Gasteiger charge is -2.34. The molecule has 0 fully saturated rings. The highest BCUT2D eigenvalue weighted by molar-refractivity contribution is 5.50. The minimum absolute atomic E-state index is 0.0828. The van der Waals surface area contributed by atoms with Crippen molar-refractivity contribution in [1.29, 1.82) is 0 Å². The molecule has 1 unspecified atom stereocenters. The summed E-state index contributed by atoms with van der Waals surface area (Å²) in [5.74, 6) is 6.92. The van der Waals surface area contributed by atoms with Crippen LogP contribution >= 0.6 is 0 Å². The number of hydrogen-bond acceptors (Lipinski definition) is 3. The second kappa shape index (κ2) is 11.0. The maximum atomic E-state index is 9.93. The van der Waals surface area contributed by atoms with E-state index in [0.29, 0.717) is 0 Å². The summed E-state index contributed by atoms with van der Waals surface area (Å²) in [6.45, 7) is 14.3. The van der Waals surface area contributed by atoms with Gasteiger partial charge in [-0.1, -0.05) is 63.3 Å². The van der Waals surface area contributed by atoms with E-state index < -0.39 is 5.60 Å². The van der Waals surface area contributed by atoms with Gasteiger partial charge in [0.1, 0.15) is 17.6 Å². The van der Waals surface area contributed by atoms with E-state index >= 15 is 0 Å². The first-order valence-corrected chi connectivity index (χ1v) is 12.0. The lowest BCUT2D eigenvalue weighted by Crippen LogP contribution is -2.28. The van der Waals surface area contributed by atoms with Crippen molar-refractivity contribution >= 4 is 0 Å². The molecule has 2 aromatic carbocycles. The Morgan fingerprint density at radius 3 is 2.06 bits per heavy atom. The Hall–Kier alpha value is -2.28. The molecule has 3 N–H and O–H groups in total. The van der Waals surface area contributed by atoms with Gasteiger partial charge in [-0.25, -0.2) is 0 Å². The molecule has 3 heteroatoms. The SMILES string of the molecule is CCCCC(N)Oc1ccc(C(CC)(CC)c2ccc(C#CC(C)(C)O)c(C)c2)cc1C. The van der Waals surface area contributed by atoms with Gasteiger partial charge in [0.2, 0.25) is 0 Å². The van der Waals surface area contributed by atoms with Gasteiger partial charge in [0.05, 0.1) is 0 Å². The number of aryl methyl sites for hydroxylation is 2. The third-order valence-electron chi connectivity index (χ3n) is 6.34. The first-order chi connectivity index (χ1) is 15.1. The minimum Gasteiger partial charge on any atom is -0.475 e. The summed E-state index contributed by atoms with van der Waals surface area (Å²) in [4.78, 5) is 0. The predicted molar refractivity (Wildman–Crippen MR) is 135 cm³/mol. The molecule has 32 heavy (non-hydrogen) atoms. The Balaban J connectivity index is 2.40. The van der Waals surface area contributed by atoms with Crippen LogP contribution in [-0.4, -0.2) is 16.9 Å². The molecule has 0 bridgehead atoms. The van der Waals surface area contributed by atoms with E-state index in [0.717, 1.165) is 54.5 Å². The summed E-state index contributed by atoms with van der Waals surface area (Å²) in [6, 6.07) is 13.1. The van der Waals surface area contributed by atoms with Crippen molar-refractivity contribution < 1.29 is 9.84 Å². The smallest absolute Gasteiger partial charge is 0.147 e. The molecule has 0 heterocycles. The average molecular weight is 436 g/mol. The number of ether oxygens (including phenoxy) is 1. The first-order valence-electron chi connectivity index (χ1n) is 12.0. The summed E-state index contributed by atoms with van der Waals surface area (Å²) >= 11 is 0. The summed E-state index contributed by atoms with van der Waals surface area (Å²) in [5.41, 5.74) is 10.9. The predicted octanol–water partition coefficient (Wildman–Crippen LogP) is 6.39. The molecule has 1 atom stereocenters. The van der Waals surface area contributed by atoms with E-state index in [4.69, 9.17) is 10.5 Å². The average Bonchev–Trinajstić information content (AvgIpc) is 2.74. The highest BCUT2D eigenvalue weighted by atomic mass is 16.5. The van der Waals surface area contributed by atoms with E-state index in [9.17, 15) is 5.11 Å². The number of aliphatic hydroxyl groups is 1. The monoisotopic (exact) mass is 435 g/mol. The van der Waals surface area contributed by atoms with Gasteiger partial charge in [-0.05, 0) is 87.8 Å². The molecule has 0 aliphatic rings. The Labute approximate surface area is 195 Å². The Kier molecular flexibility index (Phi) is 8.96. The van der Waals surface area contributed by atoms with Crippen LogP contribution in [0.5, 0.6) is 5.75 Å². The molecule has 0 aliphatic heterocycles. The largest absolute Gasteiger partial charge is 0.475 e. The van der Waals surface area contributed by atoms with Crippen LogP contribution < -0.4 is 10.5 Å². The van der Waals surface area contributed by atoms with Crippen molar-refractivity contribution in [3.05, 3.63) is 64.2 Å². The summed E-state index contributed by atoms with van der Waals surface area (Å²) in [6.07, 6.45) is 4.78. The quantitative estimate of drug-likeness (QED) is 0.355. The van der Waals surface area contributed by atoms with E-state index in [1.165, 1.54) is 11.1 Å². The molecular formula is C29H41NO2.